The van der Waals surface area contributed by atoms with Gasteiger partial charge in [-0.25, -0.2) is 0 Å². The van der Waals surface area contributed by atoms with E-state index in [0.717, 1.165) is 8.55 Å². The molecule has 0 aliphatic carbocycles. The van der Waals surface area contributed by atoms with Crippen molar-refractivity contribution in [1.82, 2.24) is 0 Å². The molecule has 1 aromatic rings. The molecule has 0 bridgehead atoms. The molecule has 0 spiro atoms. The maximum atomic E-state index is 11.4. The summed E-state index contributed by atoms with van der Waals surface area (Å²) in [4.78, 5) is 11.4. The van der Waals surface area contributed by atoms with Crippen LogP contribution < -0.4 is 0 Å². The van der Waals surface area contributed by atoms with Crippen LogP contribution >= 0.6 is 34.7 Å². The van der Waals surface area contributed by atoms with Crippen LogP contribution in [-0.4, -0.2) is 17.8 Å². The van der Waals surface area contributed by atoms with Crippen LogP contribution in [0.1, 0.15) is 13.8 Å². The Morgan fingerprint density at radius 3 is 2.64 bits per heavy atom. The van der Waals surface area contributed by atoms with Crippen molar-refractivity contribution in [3.63, 3.8) is 0 Å². The molecule has 0 saturated heterocycles. The van der Waals surface area contributed by atoms with Crippen molar-refractivity contribution >= 4 is 40.7 Å². The summed E-state index contributed by atoms with van der Waals surface area (Å²) < 4.78 is 5.89. The molecule has 0 atom stereocenters. The molecule has 2 nitrogen and oxygen atoms in total. The van der Waals surface area contributed by atoms with Gasteiger partial charge in [-0.15, -0.1) is 11.3 Å². The van der Waals surface area contributed by atoms with Gasteiger partial charge in [-0.3, -0.25) is 4.79 Å². The Morgan fingerprint density at radius 1 is 1.57 bits per heavy atom. The first kappa shape index (κ1) is 11.9. The van der Waals surface area contributed by atoms with Gasteiger partial charge in [0.25, 0.3) is 0 Å². The fraction of sp³-hybridized carbons (Fsp3) is 0.444. The normalized spacial score (nSPS) is 11.4. The maximum absolute atomic E-state index is 11.4. The minimum absolute atomic E-state index is 0.230. The molecule has 0 saturated carbocycles. The lowest BCUT2D eigenvalue weighted by molar-refractivity contribution is -0.142. The standard InChI is InChI=1S/C9H11ClO2S2/c1-9(2,8(11)12-3)14-7-5-4-6(10)13-7/h4-5H,1-3H3. The van der Waals surface area contributed by atoms with Gasteiger partial charge >= 0.3 is 5.97 Å². The minimum Gasteiger partial charge on any atom is -0.468 e. The summed E-state index contributed by atoms with van der Waals surface area (Å²) in [5, 5.41) is 0. The summed E-state index contributed by atoms with van der Waals surface area (Å²) >= 11 is 8.71. The summed E-state index contributed by atoms with van der Waals surface area (Å²) in [5.41, 5.74) is 0. The van der Waals surface area contributed by atoms with E-state index in [1.54, 1.807) is 0 Å². The topological polar surface area (TPSA) is 26.3 Å². The predicted octanol–water partition coefficient (Wildman–Crippen LogP) is 3.45. The Labute approximate surface area is 96.6 Å². The summed E-state index contributed by atoms with van der Waals surface area (Å²) in [6.45, 7) is 3.66. The lowest BCUT2D eigenvalue weighted by Crippen LogP contribution is -2.28. The van der Waals surface area contributed by atoms with Crippen LogP contribution in [0.3, 0.4) is 0 Å². The Morgan fingerprint density at radius 2 is 2.21 bits per heavy atom. The van der Waals surface area contributed by atoms with E-state index in [9.17, 15) is 4.79 Å². The Hall–Kier alpha value is -0.190. The molecule has 0 amide bonds. The molecular weight excluding hydrogens is 240 g/mol. The summed E-state index contributed by atoms with van der Waals surface area (Å²) in [5.74, 6) is -0.230. The number of rotatable bonds is 3. The molecule has 0 aromatic carbocycles. The van der Waals surface area contributed by atoms with E-state index >= 15 is 0 Å². The minimum atomic E-state index is -0.567. The Balaban J connectivity index is 2.72. The zero-order valence-electron chi connectivity index (χ0n) is 8.17. The smallest absolute Gasteiger partial charge is 0.321 e. The van der Waals surface area contributed by atoms with Gasteiger partial charge in [0.1, 0.15) is 4.75 Å². The van der Waals surface area contributed by atoms with Crippen LogP contribution in [0.15, 0.2) is 16.3 Å². The van der Waals surface area contributed by atoms with Gasteiger partial charge in [-0.1, -0.05) is 23.4 Å². The molecule has 0 fully saturated rings. The van der Waals surface area contributed by atoms with Crippen LogP contribution in [0.25, 0.3) is 0 Å². The second-order valence-electron chi connectivity index (χ2n) is 3.16. The number of methoxy groups -OCH3 is 1. The van der Waals surface area contributed by atoms with Gasteiger partial charge in [0.2, 0.25) is 0 Å². The first-order chi connectivity index (χ1) is 6.45. The van der Waals surface area contributed by atoms with Crippen molar-refractivity contribution in [3.05, 3.63) is 16.5 Å². The Kier molecular flexibility index (Phi) is 3.86. The van der Waals surface area contributed by atoms with Crippen molar-refractivity contribution in [3.8, 4) is 0 Å². The molecule has 0 radical (unpaired) electrons. The van der Waals surface area contributed by atoms with Gasteiger partial charge in [0.05, 0.1) is 15.7 Å². The molecule has 14 heavy (non-hydrogen) atoms. The van der Waals surface area contributed by atoms with Crippen LogP contribution in [0.5, 0.6) is 0 Å². The van der Waals surface area contributed by atoms with Crippen LogP contribution in [0.4, 0.5) is 0 Å². The summed E-state index contributed by atoms with van der Waals surface area (Å²) in [7, 11) is 1.39. The number of esters is 1. The molecule has 1 rings (SSSR count). The van der Waals surface area contributed by atoms with Crippen LogP contribution in [0, 0.1) is 0 Å². The molecule has 0 aliphatic rings. The zero-order chi connectivity index (χ0) is 10.8. The van der Waals surface area contributed by atoms with E-state index in [4.69, 9.17) is 16.3 Å². The van der Waals surface area contributed by atoms with Gasteiger partial charge in [0, 0.05) is 0 Å². The highest BCUT2D eigenvalue weighted by atomic mass is 35.5. The van der Waals surface area contributed by atoms with Crippen LogP contribution in [-0.2, 0) is 9.53 Å². The molecule has 0 N–H and O–H groups in total. The van der Waals surface area contributed by atoms with Crippen molar-refractivity contribution in [1.29, 1.82) is 0 Å². The van der Waals surface area contributed by atoms with Gasteiger partial charge in [-0.05, 0) is 26.0 Å². The van der Waals surface area contributed by atoms with E-state index in [1.807, 2.05) is 26.0 Å². The fourth-order valence-electron chi connectivity index (χ4n) is 0.891. The van der Waals surface area contributed by atoms with E-state index in [2.05, 4.69) is 0 Å². The largest absolute Gasteiger partial charge is 0.468 e. The second kappa shape index (κ2) is 4.55. The number of hydrogen-bond donors (Lipinski definition) is 0. The molecule has 0 aliphatic heterocycles. The van der Waals surface area contributed by atoms with Crippen molar-refractivity contribution in [2.24, 2.45) is 0 Å². The van der Waals surface area contributed by atoms with Crippen LogP contribution in [0.2, 0.25) is 4.34 Å². The summed E-state index contributed by atoms with van der Waals surface area (Å²) in [6, 6.07) is 3.73. The first-order valence-electron chi connectivity index (χ1n) is 3.98. The van der Waals surface area contributed by atoms with Gasteiger partial charge in [-0.2, -0.15) is 0 Å². The second-order valence-corrected chi connectivity index (χ2v) is 6.80. The van der Waals surface area contributed by atoms with Gasteiger partial charge < -0.3 is 4.74 Å². The van der Waals surface area contributed by atoms with Crippen molar-refractivity contribution in [2.75, 3.05) is 7.11 Å². The Bertz CT molecular complexity index is 333. The third-order valence-electron chi connectivity index (χ3n) is 1.58. The summed E-state index contributed by atoms with van der Waals surface area (Å²) in [6.07, 6.45) is 0. The quantitative estimate of drug-likeness (QED) is 0.607. The third kappa shape index (κ3) is 2.90. The average Bonchev–Trinajstić information content (AvgIpc) is 2.48. The maximum Gasteiger partial charge on any atom is 0.321 e. The zero-order valence-corrected chi connectivity index (χ0v) is 10.6. The average molecular weight is 251 g/mol. The molecule has 78 valence electrons. The monoisotopic (exact) mass is 250 g/mol. The van der Waals surface area contributed by atoms with E-state index in [0.29, 0.717) is 0 Å². The van der Waals surface area contributed by atoms with E-state index < -0.39 is 4.75 Å². The van der Waals surface area contributed by atoms with Crippen molar-refractivity contribution in [2.45, 2.75) is 22.8 Å². The van der Waals surface area contributed by atoms with Crippen molar-refractivity contribution < 1.29 is 9.53 Å². The molecule has 0 unspecified atom stereocenters. The number of carbonyl (C=O) groups excluding carboxylic acids is 1. The number of halogens is 1. The van der Waals surface area contributed by atoms with E-state index in [1.165, 1.54) is 30.2 Å². The van der Waals surface area contributed by atoms with Gasteiger partial charge in [0.15, 0.2) is 0 Å². The molecule has 5 heteroatoms. The van der Waals surface area contributed by atoms with E-state index in [-0.39, 0.29) is 5.97 Å². The molecule has 1 aromatic heterocycles. The predicted molar refractivity (Wildman–Crippen MR) is 61.3 cm³/mol. The number of ether oxygens (including phenoxy) is 1. The highest BCUT2D eigenvalue weighted by Gasteiger charge is 2.30. The lowest BCUT2D eigenvalue weighted by Gasteiger charge is -2.19. The number of carbonyl (C=O) groups is 1. The number of hydrogen-bond acceptors (Lipinski definition) is 4. The first-order valence-corrected chi connectivity index (χ1v) is 5.99. The number of thiophene rings is 1. The third-order valence-corrected chi connectivity index (χ3v) is 4.12. The SMILES string of the molecule is COC(=O)C(C)(C)Sc1ccc(Cl)s1. The molecular formula is C9H11ClO2S2. The lowest BCUT2D eigenvalue weighted by atomic mass is 10.2. The highest BCUT2D eigenvalue weighted by Crippen LogP contribution is 2.38. The molecule has 1 heterocycles. The highest BCUT2D eigenvalue weighted by molar-refractivity contribution is 8.03. The fourth-order valence-corrected chi connectivity index (χ4v) is 3.67. The number of thioether (sulfide) groups is 1.